The summed E-state index contributed by atoms with van der Waals surface area (Å²) >= 11 is 0. The Bertz CT molecular complexity index is 214. The van der Waals surface area contributed by atoms with Gasteiger partial charge in [-0.05, 0) is 37.5 Å². The van der Waals surface area contributed by atoms with E-state index in [1.165, 1.54) is 19.3 Å². The molecule has 3 heteroatoms. The molecule has 0 bridgehead atoms. The predicted molar refractivity (Wildman–Crippen MR) is 66.2 cm³/mol. The van der Waals surface area contributed by atoms with Crippen LogP contribution in [0.2, 0.25) is 0 Å². The molecule has 2 fully saturated rings. The molecule has 1 N–H and O–H groups in total. The summed E-state index contributed by atoms with van der Waals surface area (Å²) in [6, 6.07) is 0. The second-order valence-corrected chi connectivity index (χ2v) is 5.58. The number of aliphatic hydroxyl groups excluding tert-OH is 1. The van der Waals surface area contributed by atoms with E-state index in [1.807, 2.05) is 0 Å². The molecule has 1 nitrogen and oxygen atoms in total. The maximum Gasteiger partial charge on any atom is 0.248 e. The molecular formula is C14H26F2O. The summed E-state index contributed by atoms with van der Waals surface area (Å²) in [4.78, 5) is 0. The Morgan fingerprint density at radius 2 is 1.35 bits per heavy atom. The fraction of sp³-hybridized carbons (Fsp3) is 1.00. The number of hydrogen-bond donors (Lipinski definition) is 1. The highest BCUT2D eigenvalue weighted by Gasteiger charge is 2.39. The van der Waals surface area contributed by atoms with E-state index in [2.05, 4.69) is 0 Å². The summed E-state index contributed by atoms with van der Waals surface area (Å²) in [5.74, 6) is -1.96. The van der Waals surface area contributed by atoms with Crippen LogP contribution in [0.25, 0.3) is 0 Å². The van der Waals surface area contributed by atoms with Crippen molar-refractivity contribution >= 4 is 0 Å². The second-order valence-electron chi connectivity index (χ2n) is 5.58. The SMILES string of the molecule is C.OC(C1CCCCC1)C1CCC(F)(F)CC1. The van der Waals surface area contributed by atoms with Gasteiger partial charge in [0.1, 0.15) is 0 Å². The summed E-state index contributed by atoms with van der Waals surface area (Å²) in [6.07, 6.45) is 6.48. The first-order valence-corrected chi connectivity index (χ1v) is 6.64. The number of hydrogen-bond acceptors (Lipinski definition) is 1. The summed E-state index contributed by atoms with van der Waals surface area (Å²) in [6.45, 7) is 0. The first-order valence-electron chi connectivity index (χ1n) is 6.64. The van der Waals surface area contributed by atoms with E-state index in [0.29, 0.717) is 18.8 Å². The number of alkyl halides is 2. The normalized spacial score (nSPS) is 28.4. The summed E-state index contributed by atoms with van der Waals surface area (Å²) < 4.78 is 26.0. The van der Waals surface area contributed by atoms with Crippen LogP contribution < -0.4 is 0 Å². The van der Waals surface area contributed by atoms with Crippen molar-refractivity contribution in [3.63, 3.8) is 0 Å². The van der Waals surface area contributed by atoms with Crippen molar-refractivity contribution in [2.75, 3.05) is 0 Å². The molecule has 0 radical (unpaired) electrons. The van der Waals surface area contributed by atoms with Gasteiger partial charge in [-0.1, -0.05) is 26.7 Å². The molecule has 0 aromatic carbocycles. The van der Waals surface area contributed by atoms with Crippen molar-refractivity contribution < 1.29 is 13.9 Å². The van der Waals surface area contributed by atoms with Gasteiger partial charge < -0.3 is 5.11 Å². The maximum atomic E-state index is 13.0. The number of aliphatic hydroxyl groups is 1. The zero-order valence-corrected chi connectivity index (χ0v) is 9.80. The summed E-state index contributed by atoms with van der Waals surface area (Å²) in [5, 5.41) is 10.2. The van der Waals surface area contributed by atoms with Crippen LogP contribution in [0.4, 0.5) is 8.78 Å². The lowest BCUT2D eigenvalue weighted by Gasteiger charge is -2.36. The standard InChI is InChI=1S/C13H22F2O.CH4/c14-13(15)8-6-11(7-9-13)12(16)10-4-2-1-3-5-10;/h10-12,16H,1-9H2;1H4. The number of rotatable bonds is 2. The smallest absolute Gasteiger partial charge is 0.248 e. The molecule has 2 saturated carbocycles. The molecule has 0 spiro atoms. The van der Waals surface area contributed by atoms with E-state index in [1.54, 1.807) is 0 Å². The molecule has 102 valence electrons. The molecular weight excluding hydrogens is 222 g/mol. The fourth-order valence-electron chi connectivity index (χ4n) is 3.26. The maximum absolute atomic E-state index is 13.0. The summed E-state index contributed by atoms with van der Waals surface area (Å²) in [5.41, 5.74) is 0. The Labute approximate surface area is 104 Å². The predicted octanol–water partition coefficient (Wildman–Crippen LogP) is 4.39. The number of halogens is 2. The van der Waals surface area contributed by atoms with Crippen molar-refractivity contribution in [3.05, 3.63) is 0 Å². The van der Waals surface area contributed by atoms with Gasteiger partial charge in [-0.15, -0.1) is 0 Å². The van der Waals surface area contributed by atoms with E-state index >= 15 is 0 Å². The zero-order chi connectivity index (χ0) is 11.6. The molecule has 2 rings (SSSR count). The molecule has 2 aliphatic rings. The minimum atomic E-state index is -2.47. The van der Waals surface area contributed by atoms with Crippen LogP contribution in [0.15, 0.2) is 0 Å². The minimum Gasteiger partial charge on any atom is -0.393 e. The van der Waals surface area contributed by atoms with E-state index < -0.39 is 5.92 Å². The van der Waals surface area contributed by atoms with E-state index in [4.69, 9.17) is 0 Å². The fourth-order valence-corrected chi connectivity index (χ4v) is 3.26. The Kier molecular flexibility index (Phi) is 5.36. The van der Waals surface area contributed by atoms with Crippen LogP contribution in [0.3, 0.4) is 0 Å². The van der Waals surface area contributed by atoms with Gasteiger partial charge in [-0.25, -0.2) is 8.78 Å². The Morgan fingerprint density at radius 1 is 0.882 bits per heavy atom. The van der Waals surface area contributed by atoms with Gasteiger partial charge in [0.2, 0.25) is 5.92 Å². The second kappa shape index (κ2) is 6.12. The molecule has 0 aliphatic heterocycles. The Hall–Kier alpha value is -0.180. The monoisotopic (exact) mass is 248 g/mol. The van der Waals surface area contributed by atoms with Gasteiger partial charge in [0.15, 0.2) is 0 Å². The topological polar surface area (TPSA) is 20.2 Å². The van der Waals surface area contributed by atoms with Crippen LogP contribution in [0.5, 0.6) is 0 Å². The molecule has 0 heterocycles. The van der Waals surface area contributed by atoms with Crippen molar-refractivity contribution in [1.29, 1.82) is 0 Å². The lowest BCUT2D eigenvalue weighted by Crippen LogP contribution is -2.36. The van der Waals surface area contributed by atoms with Gasteiger partial charge in [0, 0.05) is 12.8 Å². The third-order valence-corrected chi connectivity index (χ3v) is 4.38. The lowest BCUT2D eigenvalue weighted by molar-refractivity contribution is -0.0727. The van der Waals surface area contributed by atoms with Gasteiger partial charge in [0.25, 0.3) is 0 Å². The van der Waals surface area contributed by atoms with Crippen molar-refractivity contribution in [3.8, 4) is 0 Å². The average Bonchev–Trinajstić information content (AvgIpc) is 2.29. The highest BCUT2D eigenvalue weighted by molar-refractivity contribution is 4.85. The molecule has 0 amide bonds. The van der Waals surface area contributed by atoms with Crippen molar-refractivity contribution in [1.82, 2.24) is 0 Å². The van der Waals surface area contributed by atoms with Crippen LogP contribution >= 0.6 is 0 Å². The first-order chi connectivity index (χ1) is 7.58. The Morgan fingerprint density at radius 3 is 1.88 bits per heavy atom. The van der Waals surface area contributed by atoms with E-state index in [-0.39, 0.29) is 32.3 Å². The summed E-state index contributed by atoms with van der Waals surface area (Å²) in [7, 11) is 0. The molecule has 1 unspecified atom stereocenters. The molecule has 2 aliphatic carbocycles. The average molecular weight is 248 g/mol. The zero-order valence-electron chi connectivity index (χ0n) is 9.80. The molecule has 17 heavy (non-hydrogen) atoms. The van der Waals surface area contributed by atoms with E-state index in [9.17, 15) is 13.9 Å². The van der Waals surface area contributed by atoms with Crippen molar-refractivity contribution in [2.45, 2.75) is 77.2 Å². The van der Waals surface area contributed by atoms with Crippen LogP contribution in [-0.2, 0) is 0 Å². The van der Waals surface area contributed by atoms with Crippen molar-refractivity contribution in [2.24, 2.45) is 11.8 Å². The van der Waals surface area contributed by atoms with Crippen LogP contribution in [-0.4, -0.2) is 17.1 Å². The van der Waals surface area contributed by atoms with Crippen LogP contribution in [0, 0.1) is 11.8 Å². The molecule has 0 aromatic heterocycles. The molecule has 0 aromatic rings. The molecule has 1 atom stereocenters. The highest BCUT2D eigenvalue weighted by atomic mass is 19.3. The quantitative estimate of drug-likeness (QED) is 0.768. The van der Waals surface area contributed by atoms with Gasteiger partial charge in [0.05, 0.1) is 6.10 Å². The largest absolute Gasteiger partial charge is 0.393 e. The first kappa shape index (κ1) is 14.9. The molecule has 0 saturated heterocycles. The highest BCUT2D eigenvalue weighted by Crippen LogP contribution is 2.40. The lowest BCUT2D eigenvalue weighted by atomic mass is 9.75. The Balaban J connectivity index is 0.00000144. The minimum absolute atomic E-state index is 0. The third kappa shape index (κ3) is 3.90. The van der Waals surface area contributed by atoms with Gasteiger partial charge in [-0.3, -0.25) is 0 Å². The third-order valence-electron chi connectivity index (χ3n) is 4.38. The van der Waals surface area contributed by atoms with E-state index in [0.717, 1.165) is 12.8 Å². The van der Waals surface area contributed by atoms with Crippen LogP contribution in [0.1, 0.15) is 65.2 Å². The van der Waals surface area contributed by atoms with Gasteiger partial charge in [-0.2, -0.15) is 0 Å². The van der Waals surface area contributed by atoms with Gasteiger partial charge >= 0.3 is 0 Å².